The summed E-state index contributed by atoms with van der Waals surface area (Å²) in [6.07, 6.45) is 5.04. The van der Waals surface area contributed by atoms with Crippen LogP contribution in [0.1, 0.15) is 67.8 Å². The first kappa shape index (κ1) is 38.4. The van der Waals surface area contributed by atoms with Crippen molar-refractivity contribution in [2.75, 3.05) is 37.4 Å². The van der Waals surface area contributed by atoms with Crippen LogP contribution in [0.3, 0.4) is 0 Å². The molecule has 3 aromatic carbocycles. The Morgan fingerprint density at radius 2 is 1.45 bits per heavy atom. The molecule has 1 aliphatic rings. The average Bonchev–Trinajstić information content (AvgIpc) is 3.62. The standard InChI is InChI=1S/C15H13NO4.C14H20N2O.C6H14N2O2/c1-19-20-15(18)13-4-2-11(3-5-13)12-6-8-14(9-7-12)16-10-17;1-11(2)12-5-7-13(8-6-12)15-14(17)16-9-3-4-10-16;7-4-2-1-3-5(8)6(9)10/h2-10H,1H3,(H,16,17);5-8,11H,3-4,9-10H2,1-2H3,(H,15,17);5H,1-4,7-8H2,(H,9,10). The summed E-state index contributed by atoms with van der Waals surface area (Å²) in [4.78, 5) is 54.4. The van der Waals surface area contributed by atoms with Gasteiger partial charge in [0.1, 0.15) is 6.04 Å². The molecule has 1 saturated heterocycles. The molecule has 0 radical (unpaired) electrons. The summed E-state index contributed by atoms with van der Waals surface area (Å²) in [5, 5.41) is 13.8. The van der Waals surface area contributed by atoms with Crippen molar-refractivity contribution in [2.24, 2.45) is 11.5 Å². The average molecular weight is 650 g/mol. The molecule has 0 saturated carbocycles. The Kier molecular flexibility index (Phi) is 17.2. The number of urea groups is 1. The van der Waals surface area contributed by atoms with Crippen LogP contribution in [-0.4, -0.2) is 67.2 Å². The maximum Gasteiger partial charge on any atom is 0.373 e. The number of anilines is 2. The molecule has 3 aromatic rings. The highest BCUT2D eigenvalue weighted by atomic mass is 17.2. The summed E-state index contributed by atoms with van der Waals surface area (Å²) < 4.78 is 0. The molecule has 0 spiro atoms. The third kappa shape index (κ3) is 14.0. The second-order valence-electron chi connectivity index (χ2n) is 11.1. The largest absolute Gasteiger partial charge is 0.480 e. The molecule has 4 rings (SSSR count). The Labute approximate surface area is 276 Å². The number of benzene rings is 3. The van der Waals surface area contributed by atoms with E-state index in [4.69, 9.17) is 16.6 Å². The molecule has 254 valence electrons. The van der Waals surface area contributed by atoms with E-state index in [2.05, 4.69) is 46.4 Å². The molecular weight excluding hydrogens is 602 g/mol. The normalized spacial score (nSPS) is 12.5. The van der Waals surface area contributed by atoms with Crippen molar-refractivity contribution in [3.63, 3.8) is 0 Å². The molecule has 1 aliphatic heterocycles. The van der Waals surface area contributed by atoms with Crippen LogP contribution in [0.4, 0.5) is 16.2 Å². The number of aliphatic carboxylic acids is 1. The third-order valence-electron chi connectivity index (χ3n) is 7.23. The van der Waals surface area contributed by atoms with E-state index in [1.165, 1.54) is 12.7 Å². The highest BCUT2D eigenvalue weighted by Crippen LogP contribution is 2.22. The number of carbonyl (C=O) groups is 4. The van der Waals surface area contributed by atoms with Gasteiger partial charge < -0.3 is 32.1 Å². The van der Waals surface area contributed by atoms with Gasteiger partial charge in [-0.2, -0.15) is 4.89 Å². The van der Waals surface area contributed by atoms with Gasteiger partial charge in [0.25, 0.3) is 0 Å². The molecule has 0 aromatic heterocycles. The summed E-state index contributed by atoms with van der Waals surface area (Å²) in [5.74, 6) is -0.945. The molecule has 0 aliphatic carbocycles. The topological polar surface area (TPSA) is 186 Å². The molecule has 1 heterocycles. The monoisotopic (exact) mass is 649 g/mol. The minimum absolute atomic E-state index is 0.0276. The van der Waals surface area contributed by atoms with E-state index in [0.717, 1.165) is 61.3 Å². The fraction of sp³-hybridized carbons (Fsp3) is 0.371. The van der Waals surface area contributed by atoms with Gasteiger partial charge in [0.2, 0.25) is 6.41 Å². The lowest BCUT2D eigenvalue weighted by Gasteiger charge is -2.16. The smallest absolute Gasteiger partial charge is 0.373 e. The van der Waals surface area contributed by atoms with Crippen LogP contribution in [0.15, 0.2) is 72.8 Å². The second-order valence-corrected chi connectivity index (χ2v) is 11.1. The molecule has 1 atom stereocenters. The maximum absolute atomic E-state index is 11.8. The van der Waals surface area contributed by atoms with Gasteiger partial charge in [0, 0.05) is 24.5 Å². The minimum Gasteiger partial charge on any atom is -0.480 e. The molecule has 7 N–H and O–H groups in total. The van der Waals surface area contributed by atoms with Crippen molar-refractivity contribution < 1.29 is 34.1 Å². The number of nitrogens with zero attached hydrogens (tertiary/aromatic N) is 1. The van der Waals surface area contributed by atoms with E-state index in [1.54, 1.807) is 24.3 Å². The molecule has 12 heteroatoms. The van der Waals surface area contributed by atoms with Crippen LogP contribution in [0.25, 0.3) is 11.1 Å². The number of carboxylic acids is 1. The maximum atomic E-state index is 11.8. The predicted octanol–water partition coefficient (Wildman–Crippen LogP) is 5.61. The van der Waals surface area contributed by atoms with Crippen LogP contribution in [0.2, 0.25) is 0 Å². The van der Waals surface area contributed by atoms with Gasteiger partial charge in [-0.3, -0.25) is 14.5 Å². The summed E-state index contributed by atoms with van der Waals surface area (Å²) in [5.41, 5.74) is 15.7. The number of likely N-dealkylation sites (tertiary alicyclic amines) is 1. The molecule has 12 nitrogen and oxygen atoms in total. The highest BCUT2D eigenvalue weighted by molar-refractivity contribution is 5.90. The van der Waals surface area contributed by atoms with E-state index >= 15 is 0 Å². The molecular formula is C35H47N5O7. The molecule has 0 bridgehead atoms. The van der Waals surface area contributed by atoms with Crippen molar-refractivity contribution in [1.29, 1.82) is 0 Å². The first-order valence-electron chi connectivity index (χ1n) is 15.6. The van der Waals surface area contributed by atoms with Crippen molar-refractivity contribution in [2.45, 2.75) is 57.9 Å². The first-order chi connectivity index (χ1) is 22.6. The quantitative estimate of drug-likeness (QED) is 0.0720. The zero-order valence-corrected chi connectivity index (χ0v) is 27.3. The summed E-state index contributed by atoms with van der Waals surface area (Å²) in [7, 11) is 1.28. The number of hydrogen-bond acceptors (Lipinski definition) is 8. The Morgan fingerprint density at radius 3 is 1.94 bits per heavy atom. The predicted molar refractivity (Wildman–Crippen MR) is 183 cm³/mol. The van der Waals surface area contributed by atoms with Gasteiger partial charge in [-0.15, -0.1) is 0 Å². The lowest BCUT2D eigenvalue weighted by molar-refractivity contribution is -0.216. The number of rotatable bonds is 12. The van der Waals surface area contributed by atoms with Crippen molar-refractivity contribution in [1.82, 2.24) is 4.90 Å². The van der Waals surface area contributed by atoms with Gasteiger partial charge in [-0.1, -0.05) is 56.7 Å². The Balaban J connectivity index is 0.000000259. The molecule has 1 fully saturated rings. The second kappa shape index (κ2) is 21.1. The number of nitrogens with one attached hydrogen (secondary N) is 2. The number of carboxylic acid groups (broad SMARTS) is 1. The SMILES string of the molecule is CC(C)c1ccc(NC(=O)N2CCCC2)cc1.COOC(=O)c1ccc(-c2ccc(NC=O)cc2)cc1.NCCCCC(N)C(=O)O. The van der Waals surface area contributed by atoms with E-state index in [0.29, 0.717) is 30.9 Å². The van der Waals surface area contributed by atoms with E-state index < -0.39 is 18.0 Å². The highest BCUT2D eigenvalue weighted by Gasteiger charge is 2.17. The van der Waals surface area contributed by atoms with Gasteiger partial charge in [0.05, 0.1) is 12.7 Å². The molecule has 47 heavy (non-hydrogen) atoms. The van der Waals surface area contributed by atoms with Crippen molar-refractivity contribution in [3.05, 3.63) is 83.9 Å². The summed E-state index contributed by atoms with van der Waals surface area (Å²) in [6, 6.07) is 21.7. The van der Waals surface area contributed by atoms with Crippen LogP contribution < -0.4 is 22.1 Å². The Morgan fingerprint density at radius 1 is 0.894 bits per heavy atom. The van der Waals surface area contributed by atoms with Gasteiger partial charge in [-0.25, -0.2) is 9.59 Å². The Hall–Kier alpha value is -4.78. The number of unbranched alkanes of at least 4 members (excludes halogenated alkanes) is 1. The first-order valence-corrected chi connectivity index (χ1v) is 15.6. The van der Waals surface area contributed by atoms with Gasteiger partial charge >= 0.3 is 18.0 Å². The lowest BCUT2D eigenvalue weighted by Crippen LogP contribution is -2.32. The zero-order chi connectivity index (χ0) is 34.6. The van der Waals surface area contributed by atoms with E-state index in [-0.39, 0.29) is 6.03 Å². The fourth-order valence-corrected chi connectivity index (χ4v) is 4.46. The van der Waals surface area contributed by atoms with Crippen LogP contribution >= 0.6 is 0 Å². The number of carbonyl (C=O) groups excluding carboxylic acids is 3. The van der Waals surface area contributed by atoms with Crippen LogP contribution in [-0.2, 0) is 19.4 Å². The lowest BCUT2D eigenvalue weighted by atomic mass is 10.0. The summed E-state index contributed by atoms with van der Waals surface area (Å²) in [6.45, 7) is 6.70. The molecule has 3 amide bonds. The Bertz CT molecular complexity index is 1370. The summed E-state index contributed by atoms with van der Waals surface area (Å²) >= 11 is 0. The van der Waals surface area contributed by atoms with E-state index in [9.17, 15) is 19.2 Å². The zero-order valence-electron chi connectivity index (χ0n) is 27.3. The van der Waals surface area contributed by atoms with Crippen LogP contribution in [0.5, 0.6) is 0 Å². The number of nitrogens with two attached hydrogens (primary N) is 2. The van der Waals surface area contributed by atoms with Crippen molar-refractivity contribution >= 4 is 35.8 Å². The van der Waals surface area contributed by atoms with E-state index in [1.807, 2.05) is 41.3 Å². The third-order valence-corrected chi connectivity index (χ3v) is 7.23. The minimum atomic E-state index is -0.933. The van der Waals surface area contributed by atoms with Crippen molar-refractivity contribution in [3.8, 4) is 11.1 Å². The van der Waals surface area contributed by atoms with Gasteiger partial charge in [0.15, 0.2) is 0 Å². The fourth-order valence-electron chi connectivity index (χ4n) is 4.46. The van der Waals surface area contributed by atoms with Crippen LogP contribution in [0, 0.1) is 0 Å². The number of amides is 3. The number of hydrogen-bond donors (Lipinski definition) is 5. The van der Waals surface area contributed by atoms with Gasteiger partial charge in [-0.05, 0) is 91.2 Å². The molecule has 1 unspecified atom stereocenters.